The third-order valence-corrected chi connectivity index (χ3v) is 3.92. The van der Waals surface area contributed by atoms with Gasteiger partial charge in [0.25, 0.3) is 0 Å². The van der Waals surface area contributed by atoms with E-state index in [9.17, 15) is 0 Å². The van der Waals surface area contributed by atoms with Crippen molar-refractivity contribution in [3.8, 4) is 11.5 Å². The van der Waals surface area contributed by atoms with Gasteiger partial charge in [-0.15, -0.1) is 0 Å². The third kappa shape index (κ3) is 3.43. The summed E-state index contributed by atoms with van der Waals surface area (Å²) < 4.78 is 12.0. The Morgan fingerprint density at radius 1 is 1.00 bits per heavy atom. The molecule has 3 nitrogen and oxygen atoms in total. The number of morpholine rings is 1. The Morgan fingerprint density at radius 2 is 1.76 bits per heavy atom. The number of nitrogens with one attached hydrogen (secondary N) is 1. The van der Waals surface area contributed by atoms with Crippen LogP contribution >= 0.6 is 0 Å². The van der Waals surface area contributed by atoms with Crippen LogP contribution in [0.5, 0.6) is 11.5 Å². The maximum Gasteiger partial charge on any atom is 0.127 e. The second-order valence-electron chi connectivity index (χ2n) is 5.51. The van der Waals surface area contributed by atoms with Gasteiger partial charge in [0, 0.05) is 12.6 Å². The van der Waals surface area contributed by atoms with Crippen LogP contribution < -0.4 is 10.1 Å². The number of hydrogen-bond donors (Lipinski definition) is 1. The molecule has 3 heteroatoms. The molecular formula is C18H21NO2. The minimum absolute atomic E-state index is 0.0792. The van der Waals surface area contributed by atoms with Crippen LogP contribution in [-0.2, 0) is 4.74 Å². The van der Waals surface area contributed by atoms with Crippen molar-refractivity contribution in [3.05, 3.63) is 60.2 Å². The number of ether oxygens (including phenoxy) is 2. The molecule has 0 saturated carbocycles. The van der Waals surface area contributed by atoms with E-state index < -0.39 is 0 Å². The van der Waals surface area contributed by atoms with E-state index >= 15 is 0 Å². The second kappa shape index (κ2) is 6.29. The molecule has 1 heterocycles. The van der Waals surface area contributed by atoms with Gasteiger partial charge in [0.2, 0.25) is 0 Å². The summed E-state index contributed by atoms with van der Waals surface area (Å²) in [5.41, 5.74) is 1.15. The van der Waals surface area contributed by atoms with E-state index in [2.05, 4.69) is 31.3 Å². The molecule has 1 fully saturated rings. The molecule has 110 valence electrons. The first-order chi connectivity index (χ1) is 10.2. The van der Waals surface area contributed by atoms with Crippen LogP contribution in [-0.4, -0.2) is 18.7 Å². The Hall–Kier alpha value is -1.84. The van der Waals surface area contributed by atoms with Crippen LogP contribution in [0.4, 0.5) is 0 Å². The number of para-hydroxylation sites is 1. The molecule has 0 radical (unpaired) electrons. The normalized spacial score (nSPS) is 25.5. The van der Waals surface area contributed by atoms with E-state index in [1.807, 2.05) is 42.5 Å². The molecule has 1 saturated heterocycles. The summed E-state index contributed by atoms with van der Waals surface area (Å²) in [7, 11) is 0. The van der Waals surface area contributed by atoms with Gasteiger partial charge in [0.15, 0.2) is 0 Å². The van der Waals surface area contributed by atoms with Gasteiger partial charge < -0.3 is 14.8 Å². The van der Waals surface area contributed by atoms with Gasteiger partial charge in [-0.1, -0.05) is 30.3 Å². The van der Waals surface area contributed by atoms with E-state index in [4.69, 9.17) is 9.47 Å². The Bertz CT molecular complexity index is 585. The first-order valence-corrected chi connectivity index (χ1v) is 7.44. The fraction of sp³-hybridized carbons (Fsp3) is 0.333. The fourth-order valence-corrected chi connectivity index (χ4v) is 2.48. The average Bonchev–Trinajstić information content (AvgIpc) is 2.51. The molecule has 0 aromatic heterocycles. The van der Waals surface area contributed by atoms with Crippen molar-refractivity contribution in [3.63, 3.8) is 0 Å². The van der Waals surface area contributed by atoms with Crippen LogP contribution in [0.1, 0.15) is 25.5 Å². The molecule has 2 aromatic carbocycles. The van der Waals surface area contributed by atoms with Crippen molar-refractivity contribution in [2.24, 2.45) is 0 Å². The van der Waals surface area contributed by atoms with Gasteiger partial charge in [0.05, 0.1) is 12.2 Å². The maximum atomic E-state index is 6.07. The van der Waals surface area contributed by atoms with E-state index in [0.29, 0.717) is 6.04 Å². The zero-order chi connectivity index (χ0) is 14.7. The van der Waals surface area contributed by atoms with E-state index in [0.717, 1.165) is 23.6 Å². The van der Waals surface area contributed by atoms with Gasteiger partial charge in [-0.05, 0) is 43.7 Å². The number of hydrogen-bond acceptors (Lipinski definition) is 3. The lowest BCUT2D eigenvalue weighted by Gasteiger charge is -2.34. The van der Waals surface area contributed by atoms with Gasteiger partial charge >= 0.3 is 0 Å². The van der Waals surface area contributed by atoms with Crippen molar-refractivity contribution >= 4 is 0 Å². The van der Waals surface area contributed by atoms with Gasteiger partial charge in [0.1, 0.15) is 11.5 Å². The van der Waals surface area contributed by atoms with Crippen molar-refractivity contribution in [1.29, 1.82) is 0 Å². The minimum Gasteiger partial charge on any atom is -0.457 e. The third-order valence-electron chi connectivity index (χ3n) is 3.92. The molecule has 3 atom stereocenters. The first kappa shape index (κ1) is 14.1. The quantitative estimate of drug-likeness (QED) is 0.926. The van der Waals surface area contributed by atoms with Crippen molar-refractivity contribution in [2.75, 3.05) is 6.54 Å². The molecular weight excluding hydrogens is 262 g/mol. The number of benzene rings is 2. The van der Waals surface area contributed by atoms with E-state index in [-0.39, 0.29) is 12.2 Å². The smallest absolute Gasteiger partial charge is 0.127 e. The molecule has 1 aliphatic heterocycles. The molecule has 0 amide bonds. The molecule has 0 aliphatic carbocycles. The summed E-state index contributed by atoms with van der Waals surface area (Å²) in [5, 5.41) is 3.48. The lowest BCUT2D eigenvalue weighted by molar-refractivity contribution is -0.0509. The molecule has 0 spiro atoms. The zero-order valence-corrected chi connectivity index (χ0v) is 12.5. The monoisotopic (exact) mass is 283 g/mol. The van der Waals surface area contributed by atoms with Gasteiger partial charge in [-0.2, -0.15) is 0 Å². The van der Waals surface area contributed by atoms with Crippen LogP contribution in [0.15, 0.2) is 54.6 Å². The largest absolute Gasteiger partial charge is 0.457 e. The first-order valence-electron chi connectivity index (χ1n) is 7.44. The zero-order valence-electron chi connectivity index (χ0n) is 12.5. The number of rotatable bonds is 3. The standard InChI is InChI=1S/C18H21NO2/c1-13-14(2)20-18(12-19-13)15-7-6-10-17(11-15)21-16-8-4-3-5-9-16/h3-11,13-14,18-19H,12H2,1-2H3. The highest BCUT2D eigenvalue weighted by Gasteiger charge is 2.25. The minimum atomic E-state index is 0.0792. The highest BCUT2D eigenvalue weighted by atomic mass is 16.5. The van der Waals surface area contributed by atoms with E-state index in [1.165, 1.54) is 0 Å². The summed E-state index contributed by atoms with van der Waals surface area (Å²) in [6.45, 7) is 5.09. The lowest BCUT2D eigenvalue weighted by atomic mass is 10.0. The Labute approximate surface area is 125 Å². The summed E-state index contributed by atoms with van der Waals surface area (Å²) in [6, 6.07) is 18.3. The molecule has 1 N–H and O–H groups in total. The molecule has 0 bridgehead atoms. The van der Waals surface area contributed by atoms with Gasteiger partial charge in [-0.3, -0.25) is 0 Å². The predicted octanol–water partition coefficient (Wildman–Crippen LogP) is 3.92. The average molecular weight is 283 g/mol. The Kier molecular flexibility index (Phi) is 4.23. The molecule has 1 aliphatic rings. The highest BCUT2D eigenvalue weighted by Crippen LogP contribution is 2.28. The van der Waals surface area contributed by atoms with Crippen LogP contribution in [0, 0.1) is 0 Å². The lowest BCUT2D eigenvalue weighted by Crippen LogP contribution is -2.46. The second-order valence-corrected chi connectivity index (χ2v) is 5.51. The van der Waals surface area contributed by atoms with Crippen molar-refractivity contribution < 1.29 is 9.47 Å². The predicted molar refractivity (Wildman–Crippen MR) is 83.7 cm³/mol. The molecule has 2 aromatic rings. The molecule has 3 unspecified atom stereocenters. The van der Waals surface area contributed by atoms with Crippen molar-refractivity contribution in [1.82, 2.24) is 5.32 Å². The summed E-state index contributed by atoms with van der Waals surface area (Å²) in [5.74, 6) is 1.69. The highest BCUT2D eigenvalue weighted by molar-refractivity contribution is 5.35. The fourth-order valence-electron chi connectivity index (χ4n) is 2.48. The van der Waals surface area contributed by atoms with Crippen molar-refractivity contribution in [2.45, 2.75) is 32.1 Å². The summed E-state index contributed by atoms with van der Waals surface area (Å²) in [4.78, 5) is 0. The van der Waals surface area contributed by atoms with Crippen LogP contribution in [0.25, 0.3) is 0 Å². The SMILES string of the molecule is CC1NCC(c2cccc(Oc3ccccc3)c2)OC1C. The maximum absolute atomic E-state index is 6.07. The molecule has 3 rings (SSSR count). The Morgan fingerprint density at radius 3 is 2.52 bits per heavy atom. The molecule has 21 heavy (non-hydrogen) atoms. The summed E-state index contributed by atoms with van der Waals surface area (Å²) in [6.07, 6.45) is 0.290. The topological polar surface area (TPSA) is 30.5 Å². The Balaban J connectivity index is 1.74. The van der Waals surface area contributed by atoms with Crippen LogP contribution in [0.2, 0.25) is 0 Å². The summed E-state index contributed by atoms with van der Waals surface area (Å²) >= 11 is 0. The van der Waals surface area contributed by atoms with E-state index in [1.54, 1.807) is 0 Å². The van der Waals surface area contributed by atoms with Crippen LogP contribution in [0.3, 0.4) is 0 Å². The van der Waals surface area contributed by atoms with Gasteiger partial charge in [-0.25, -0.2) is 0 Å².